The minimum absolute atomic E-state index is 0.00384. The summed E-state index contributed by atoms with van der Waals surface area (Å²) in [6.07, 6.45) is -0.749. The van der Waals surface area contributed by atoms with E-state index >= 15 is 4.39 Å². The largest absolute Gasteiger partial charge is 0.508 e. The quantitative estimate of drug-likeness (QED) is 0.0419. The first-order valence-corrected chi connectivity index (χ1v) is 29.2. The maximum Gasteiger partial charge on any atom is 0.254 e. The Balaban J connectivity index is 0.715. The molecule has 84 heavy (non-hydrogen) atoms. The van der Waals surface area contributed by atoms with Crippen LogP contribution in [0.25, 0.3) is 43.2 Å². The van der Waals surface area contributed by atoms with Gasteiger partial charge in [-0.05, 0) is 71.1 Å². The number of nitrogens with one attached hydrogen (secondary N) is 2. The molecule has 2 aliphatic rings. The summed E-state index contributed by atoms with van der Waals surface area (Å²) < 4.78 is 45.6. The summed E-state index contributed by atoms with van der Waals surface area (Å²) in [7, 11) is 3.25. The number of piperazine rings is 1. The van der Waals surface area contributed by atoms with Crippen molar-refractivity contribution in [3.8, 4) is 38.9 Å². The molecular weight excluding hydrogens is 1120 g/mol. The predicted molar refractivity (Wildman–Crippen MR) is 317 cm³/mol. The van der Waals surface area contributed by atoms with E-state index in [1.807, 2.05) is 75.1 Å². The van der Waals surface area contributed by atoms with Gasteiger partial charge in [-0.25, -0.2) is 14.4 Å². The van der Waals surface area contributed by atoms with Crippen LogP contribution in [0.3, 0.4) is 0 Å². The average molecular weight is 1190 g/mol. The Kier molecular flexibility index (Phi) is 19.8. The maximum absolute atomic E-state index is 17.0. The number of fused-ring (bicyclic) bond motifs is 2. The number of thiazole rings is 1. The van der Waals surface area contributed by atoms with Crippen molar-refractivity contribution in [2.75, 3.05) is 103 Å². The molecule has 0 saturated carbocycles. The number of aryl methyl sites for hydroxylation is 1. The number of anilines is 2. The second-order valence-corrected chi connectivity index (χ2v) is 22.5. The Labute approximate surface area is 495 Å². The Morgan fingerprint density at radius 1 is 0.952 bits per heavy atom. The molecule has 0 radical (unpaired) electrons. The highest BCUT2D eigenvalue weighted by Crippen LogP contribution is 2.43. The highest BCUT2D eigenvalue weighted by molar-refractivity contribution is 7.13. The van der Waals surface area contributed by atoms with Gasteiger partial charge in [0.05, 0.1) is 66.8 Å². The van der Waals surface area contributed by atoms with Gasteiger partial charge in [0.2, 0.25) is 29.6 Å². The van der Waals surface area contributed by atoms with Crippen LogP contribution < -0.4 is 25.0 Å². The molecule has 2 saturated heterocycles. The molecule has 0 aliphatic carbocycles. The summed E-state index contributed by atoms with van der Waals surface area (Å²) >= 11 is 8.42. The number of rotatable bonds is 24. The van der Waals surface area contributed by atoms with Crippen LogP contribution in [0, 0.1) is 18.7 Å². The zero-order chi connectivity index (χ0) is 59.8. The van der Waals surface area contributed by atoms with Gasteiger partial charge in [-0.3, -0.25) is 19.2 Å². The standard InChI is InChI=1S/C60H70ClFN10O11S/c1-34(2)52(59(78)72-32-41(75)29-47(72)58(77)65-35(3)42-13-12-39(27-48(42)79-7)56-36(4)64-33-84-56)49-31-50(68-83-49)82-25-24-81-23-22-80-21-20-69(6)51(76)14-15-63-60-66-55-45(57(67-60)71-18-16-70(17-19-71)37(5)73)30-46(61)53(54(55)62)44-28-40(74)26-38-10-8-9-11-43(38)44/h8-13,26-28,30-31,33-35,41,47,52,74-75H,14-25,29,32H2,1-7H3,(H,65,77)(H,63,66,67)/t35?,41-,47+,52?/m1/s1. The highest BCUT2D eigenvalue weighted by Gasteiger charge is 2.44. The number of aliphatic hydroxyl groups is 1. The highest BCUT2D eigenvalue weighted by atomic mass is 35.5. The number of ether oxygens (including phenoxy) is 4. The van der Waals surface area contributed by atoms with Crippen molar-refractivity contribution in [1.29, 1.82) is 0 Å². The third-order valence-corrected chi connectivity index (χ3v) is 16.4. The fourth-order valence-corrected chi connectivity index (χ4v) is 11.8. The molecule has 4 aromatic carbocycles. The third-order valence-electron chi connectivity index (χ3n) is 15.1. The number of phenolic OH excluding ortho intramolecular Hbond substituents is 1. The summed E-state index contributed by atoms with van der Waals surface area (Å²) in [6.45, 7) is 12.3. The molecule has 24 heteroatoms. The number of hydrogen-bond donors (Lipinski definition) is 4. The van der Waals surface area contributed by atoms with E-state index < -0.39 is 35.8 Å². The average Bonchev–Trinajstić information content (AvgIpc) is 1.53. The molecule has 21 nitrogen and oxygen atoms in total. The van der Waals surface area contributed by atoms with Crippen molar-refractivity contribution in [1.82, 2.24) is 40.1 Å². The minimum Gasteiger partial charge on any atom is -0.508 e. The fraction of sp³-hybridized carbons (Fsp3) is 0.433. The van der Waals surface area contributed by atoms with Crippen LogP contribution in [0.4, 0.5) is 16.2 Å². The number of benzene rings is 4. The van der Waals surface area contributed by atoms with Gasteiger partial charge in [-0.1, -0.05) is 61.8 Å². The lowest BCUT2D eigenvalue weighted by Gasteiger charge is -2.35. The molecule has 0 spiro atoms. The van der Waals surface area contributed by atoms with Crippen LogP contribution in [-0.2, 0) is 28.7 Å². The Bertz CT molecular complexity index is 3500. The lowest BCUT2D eigenvalue weighted by atomic mass is 9.91. The van der Waals surface area contributed by atoms with E-state index in [1.54, 1.807) is 47.7 Å². The molecular formula is C60H70ClFN10O11S. The fourth-order valence-electron chi connectivity index (χ4n) is 10.7. The van der Waals surface area contributed by atoms with Crippen molar-refractivity contribution < 1.29 is 57.3 Å². The number of aliphatic hydroxyl groups excluding tert-OH is 1. The first-order valence-electron chi connectivity index (χ1n) is 27.9. The van der Waals surface area contributed by atoms with Crippen LogP contribution in [0.1, 0.15) is 69.5 Å². The van der Waals surface area contributed by atoms with Crippen molar-refractivity contribution in [2.45, 2.75) is 71.6 Å². The van der Waals surface area contributed by atoms with Crippen LogP contribution in [0.2, 0.25) is 5.02 Å². The number of amides is 4. The number of carbonyl (C=O) groups is 4. The molecule has 4 amide bonds. The summed E-state index contributed by atoms with van der Waals surface area (Å²) in [5.41, 5.74) is 4.90. The first kappa shape index (κ1) is 60.9. The van der Waals surface area contributed by atoms with E-state index in [-0.39, 0.29) is 122 Å². The van der Waals surface area contributed by atoms with Crippen LogP contribution in [0.15, 0.2) is 76.8 Å². The number of hydrogen-bond acceptors (Lipinski definition) is 18. The topological polar surface area (TPSA) is 247 Å². The van der Waals surface area contributed by atoms with E-state index in [2.05, 4.69) is 25.8 Å². The SMILES string of the molecule is COc1cc(-c2scnc2C)ccc1C(C)NC(=O)[C@@H]1C[C@@H](O)CN1C(=O)C(c1cc(OCCOCCOCCN(C)C(=O)CCNc2nc(N3CCN(C(C)=O)CC3)c3cc(Cl)c(-c4cc(O)cc5ccccc45)c(F)c3n2)no1)C(C)C. The van der Waals surface area contributed by atoms with E-state index in [4.69, 9.17) is 40.1 Å². The molecule has 446 valence electrons. The second-order valence-electron chi connectivity index (χ2n) is 21.2. The van der Waals surface area contributed by atoms with Gasteiger partial charge in [0.25, 0.3) is 5.88 Å². The molecule has 7 aromatic rings. The number of methoxy groups -OCH3 is 1. The van der Waals surface area contributed by atoms with Gasteiger partial charge < -0.3 is 63.9 Å². The Morgan fingerprint density at radius 2 is 1.70 bits per heavy atom. The molecule has 0 bridgehead atoms. The molecule has 2 unspecified atom stereocenters. The van der Waals surface area contributed by atoms with Crippen LogP contribution >= 0.6 is 22.9 Å². The van der Waals surface area contributed by atoms with Crippen LogP contribution in [-0.4, -0.2) is 174 Å². The lowest BCUT2D eigenvalue weighted by Crippen LogP contribution is -2.48. The summed E-state index contributed by atoms with van der Waals surface area (Å²) in [6, 6.07) is 18.0. The maximum atomic E-state index is 17.0. The zero-order valence-electron chi connectivity index (χ0n) is 48.0. The van der Waals surface area contributed by atoms with Crippen molar-refractivity contribution >= 4 is 80.0 Å². The molecule has 2 aliphatic heterocycles. The van der Waals surface area contributed by atoms with Crippen LogP contribution in [0.5, 0.6) is 17.4 Å². The number of aromatic hydroxyl groups is 1. The molecule has 4 atom stereocenters. The Morgan fingerprint density at radius 3 is 2.43 bits per heavy atom. The van der Waals surface area contributed by atoms with Crippen molar-refractivity contribution in [2.24, 2.45) is 5.92 Å². The molecule has 5 heterocycles. The number of β-amino-alcohol motifs (C(OH)–C–C–N with tert-alkyl or cyclic N) is 1. The summed E-state index contributed by atoms with van der Waals surface area (Å²) in [4.78, 5) is 74.9. The number of likely N-dealkylation sites (tertiary alicyclic amines) is 1. The summed E-state index contributed by atoms with van der Waals surface area (Å²) in [5, 5.41) is 33.5. The van der Waals surface area contributed by atoms with Gasteiger partial charge >= 0.3 is 0 Å². The first-order chi connectivity index (χ1) is 40.4. The second kappa shape index (κ2) is 27.3. The predicted octanol–water partition coefficient (Wildman–Crippen LogP) is 8.00. The van der Waals surface area contributed by atoms with E-state index in [0.29, 0.717) is 66.0 Å². The van der Waals surface area contributed by atoms with Gasteiger partial charge in [-0.15, -0.1) is 11.3 Å². The van der Waals surface area contributed by atoms with E-state index in [1.165, 1.54) is 29.2 Å². The van der Waals surface area contributed by atoms with E-state index in [0.717, 1.165) is 21.7 Å². The van der Waals surface area contributed by atoms with Gasteiger partial charge in [0.1, 0.15) is 41.4 Å². The molecule has 9 rings (SSSR count). The number of nitrogens with zero attached hydrogens (tertiary/aromatic N) is 8. The third kappa shape index (κ3) is 13.9. The smallest absolute Gasteiger partial charge is 0.254 e. The number of aromatic nitrogens is 4. The molecule has 3 aromatic heterocycles. The van der Waals surface area contributed by atoms with Crippen molar-refractivity contribution in [3.63, 3.8) is 0 Å². The normalized spacial score (nSPS) is 16.1. The number of halogens is 2. The Hall–Kier alpha value is -7.70. The minimum atomic E-state index is -0.922. The zero-order valence-corrected chi connectivity index (χ0v) is 49.6. The monoisotopic (exact) mass is 1190 g/mol. The van der Waals surface area contributed by atoms with E-state index in [9.17, 15) is 29.4 Å². The van der Waals surface area contributed by atoms with Gasteiger partial charge in [-0.2, -0.15) is 4.98 Å². The summed E-state index contributed by atoms with van der Waals surface area (Å²) in [5.74, 6) is -1.25. The van der Waals surface area contributed by atoms with Crippen molar-refractivity contribution in [3.05, 3.63) is 100 Å². The number of likely N-dealkylation sites (N-methyl/N-ethyl adjacent to an activating group) is 1. The molecule has 4 N–H and O–H groups in total. The van der Waals surface area contributed by atoms with Gasteiger partial charge in [0.15, 0.2) is 11.6 Å². The molecule has 2 fully saturated rings. The number of carbonyl (C=O) groups excluding carboxylic acids is 4. The lowest BCUT2D eigenvalue weighted by molar-refractivity contribution is -0.141. The number of phenols is 1. The van der Waals surface area contributed by atoms with Gasteiger partial charge in [0, 0.05) is 95.2 Å².